The molecular weight excluding hydrogens is 376 g/mol. The van der Waals surface area contributed by atoms with Crippen LogP contribution < -0.4 is 0 Å². The van der Waals surface area contributed by atoms with E-state index in [4.69, 9.17) is 0 Å². The standard InChI is InChI=1S/C30H50O/c1-7-28(31)22(4)11-8-10-20(2)25-15-16-26-23-13-14-24-21(3)12-9-18-29(24,5)27(23)17-19-30(25,26)6/h11,13,20-21,24-28,31H,7-10,12,14-19H2,1-6H3/t20-,21-,24?,25-,26+,27+,28?,29+,30-/m1/s1. The first-order valence-corrected chi connectivity index (χ1v) is 13.8. The zero-order chi connectivity index (χ0) is 22.4. The van der Waals surface area contributed by atoms with Crippen LogP contribution in [0.2, 0.25) is 0 Å². The third-order valence-corrected chi connectivity index (χ3v) is 11.2. The molecule has 0 radical (unpaired) electrons. The Labute approximate surface area is 193 Å². The molecule has 31 heavy (non-hydrogen) atoms. The van der Waals surface area contributed by atoms with E-state index < -0.39 is 0 Å². The van der Waals surface area contributed by atoms with Crippen LogP contribution in [0.4, 0.5) is 0 Å². The molecule has 2 unspecified atom stereocenters. The average molecular weight is 427 g/mol. The minimum absolute atomic E-state index is 0.245. The fraction of sp³-hybridized carbons (Fsp3) is 0.867. The van der Waals surface area contributed by atoms with E-state index in [0.717, 1.165) is 48.3 Å². The van der Waals surface area contributed by atoms with E-state index in [9.17, 15) is 5.11 Å². The van der Waals surface area contributed by atoms with Gasteiger partial charge in [-0.1, -0.05) is 65.2 Å². The molecule has 0 aromatic heterocycles. The molecule has 4 aliphatic rings. The van der Waals surface area contributed by atoms with Crippen molar-refractivity contribution in [2.45, 2.75) is 118 Å². The quantitative estimate of drug-likeness (QED) is 0.423. The number of rotatable bonds is 6. The van der Waals surface area contributed by atoms with Crippen LogP contribution in [-0.4, -0.2) is 11.2 Å². The number of allylic oxidation sites excluding steroid dienone is 3. The van der Waals surface area contributed by atoms with Crippen LogP contribution in [-0.2, 0) is 0 Å². The van der Waals surface area contributed by atoms with Crippen molar-refractivity contribution in [2.75, 3.05) is 0 Å². The predicted octanol–water partition coefficient (Wildman–Crippen LogP) is 8.34. The zero-order valence-electron chi connectivity index (χ0n) is 21.4. The van der Waals surface area contributed by atoms with Gasteiger partial charge in [0.15, 0.2) is 0 Å². The highest BCUT2D eigenvalue weighted by atomic mass is 16.3. The lowest BCUT2D eigenvalue weighted by Crippen LogP contribution is -2.50. The Morgan fingerprint density at radius 1 is 1.13 bits per heavy atom. The summed E-state index contributed by atoms with van der Waals surface area (Å²) in [6, 6.07) is 0. The van der Waals surface area contributed by atoms with Crippen molar-refractivity contribution in [1.82, 2.24) is 0 Å². The largest absolute Gasteiger partial charge is 0.389 e. The van der Waals surface area contributed by atoms with Crippen LogP contribution in [0.1, 0.15) is 112 Å². The third-order valence-electron chi connectivity index (χ3n) is 11.2. The minimum atomic E-state index is -0.245. The average Bonchev–Trinajstić information content (AvgIpc) is 3.10. The summed E-state index contributed by atoms with van der Waals surface area (Å²) < 4.78 is 0. The fourth-order valence-electron chi connectivity index (χ4n) is 9.24. The van der Waals surface area contributed by atoms with Crippen molar-refractivity contribution < 1.29 is 5.11 Å². The summed E-state index contributed by atoms with van der Waals surface area (Å²) in [6.45, 7) is 14.6. The molecule has 176 valence electrons. The fourth-order valence-corrected chi connectivity index (χ4v) is 9.24. The molecule has 0 bridgehead atoms. The van der Waals surface area contributed by atoms with Gasteiger partial charge < -0.3 is 5.11 Å². The van der Waals surface area contributed by atoms with E-state index in [1.165, 1.54) is 63.4 Å². The lowest BCUT2D eigenvalue weighted by Gasteiger charge is -2.58. The van der Waals surface area contributed by atoms with Gasteiger partial charge in [-0.3, -0.25) is 0 Å². The van der Waals surface area contributed by atoms with Gasteiger partial charge >= 0.3 is 0 Å². The van der Waals surface area contributed by atoms with Crippen LogP contribution in [0.5, 0.6) is 0 Å². The van der Waals surface area contributed by atoms with E-state index in [-0.39, 0.29) is 6.10 Å². The van der Waals surface area contributed by atoms with Crippen molar-refractivity contribution in [2.24, 2.45) is 46.3 Å². The molecule has 4 aliphatic carbocycles. The first kappa shape index (κ1) is 23.6. The molecule has 0 saturated heterocycles. The first-order valence-electron chi connectivity index (χ1n) is 13.8. The molecule has 1 nitrogen and oxygen atoms in total. The van der Waals surface area contributed by atoms with E-state index in [0.29, 0.717) is 10.8 Å². The van der Waals surface area contributed by atoms with Gasteiger partial charge in [-0.15, -0.1) is 0 Å². The summed E-state index contributed by atoms with van der Waals surface area (Å²) in [5.74, 6) is 5.25. The lowest BCUT2D eigenvalue weighted by molar-refractivity contribution is -0.0285. The molecule has 3 fully saturated rings. The minimum Gasteiger partial charge on any atom is -0.389 e. The van der Waals surface area contributed by atoms with Crippen LogP contribution in [0.15, 0.2) is 23.3 Å². The van der Waals surface area contributed by atoms with E-state index in [2.05, 4.69) is 53.7 Å². The van der Waals surface area contributed by atoms with Crippen molar-refractivity contribution in [1.29, 1.82) is 0 Å². The van der Waals surface area contributed by atoms with E-state index in [1.54, 1.807) is 0 Å². The van der Waals surface area contributed by atoms with Crippen molar-refractivity contribution in [3.05, 3.63) is 23.3 Å². The first-order chi connectivity index (χ1) is 14.7. The molecule has 3 saturated carbocycles. The van der Waals surface area contributed by atoms with Gasteiger partial charge in [0.2, 0.25) is 0 Å². The molecule has 0 amide bonds. The summed E-state index contributed by atoms with van der Waals surface area (Å²) in [6.07, 6.45) is 19.6. The van der Waals surface area contributed by atoms with E-state index >= 15 is 0 Å². The second-order valence-corrected chi connectivity index (χ2v) is 12.7. The topological polar surface area (TPSA) is 20.2 Å². The Morgan fingerprint density at radius 3 is 2.61 bits per heavy atom. The molecule has 9 atom stereocenters. The van der Waals surface area contributed by atoms with Crippen molar-refractivity contribution >= 4 is 0 Å². The zero-order valence-corrected chi connectivity index (χ0v) is 21.4. The Balaban J connectivity index is 1.47. The van der Waals surface area contributed by atoms with Gasteiger partial charge in [0.05, 0.1) is 6.10 Å². The Bertz CT molecular complexity index is 703. The number of hydrogen-bond acceptors (Lipinski definition) is 1. The predicted molar refractivity (Wildman–Crippen MR) is 133 cm³/mol. The van der Waals surface area contributed by atoms with Crippen molar-refractivity contribution in [3.8, 4) is 0 Å². The summed E-state index contributed by atoms with van der Waals surface area (Å²) in [4.78, 5) is 0. The SMILES string of the molecule is CCC(O)C(C)=CCC[C@@H](C)[C@H]1CC[C@H]2C3=CCC4[C@H](C)CCC[C@]4(C)[C@H]3CC[C@]12C. The molecular formula is C30H50O. The Kier molecular flexibility index (Phi) is 6.85. The second kappa shape index (κ2) is 9.00. The van der Waals surface area contributed by atoms with E-state index in [1.807, 2.05) is 5.57 Å². The highest BCUT2D eigenvalue weighted by molar-refractivity contribution is 5.28. The highest BCUT2D eigenvalue weighted by Gasteiger charge is 2.58. The maximum Gasteiger partial charge on any atom is 0.0744 e. The van der Waals surface area contributed by atoms with Crippen LogP contribution in [0.3, 0.4) is 0 Å². The van der Waals surface area contributed by atoms with Gasteiger partial charge in [-0.05, 0) is 117 Å². The maximum absolute atomic E-state index is 10.1. The number of fused-ring (bicyclic) bond motifs is 5. The number of aliphatic hydroxyl groups is 1. The monoisotopic (exact) mass is 426 g/mol. The van der Waals surface area contributed by atoms with Crippen LogP contribution in [0, 0.1) is 46.3 Å². The number of aliphatic hydroxyl groups excluding tert-OH is 1. The van der Waals surface area contributed by atoms with Gasteiger partial charge in [-0.25, -0.2) is 0 Å². The van der Waals surface area contributed by atoms with Gasteiger partial charge in [0.25, 0.3) is 0 Å². The summed E-state index contributed by atoms with van der Waals surface area (Å²) in [7, 11) is 0. The molecule has 0 spiro atoms. The Hall–Kier alpha value is -0.560. The smallest absolute Gasteiger partial charge is 0.0744 e. The van der Waals surface area contributed by atoms with Crippen LogP contribution in [0.25, 0.3) is 0 Å². The summed E-state index contributed by atoms with van der Waals surface area (Å²) >= 11 is 0. The molecule has 0 heterocycles. The van der Waals surface area contributed by atoms with Gasteiger partial charge in [0, 0.05) is 0 Å². The summed E-state index contributed by atoms with van der Waals surface area (Å²) in [5, 5.41) is 10.1. The molecule has 1 heteroatoms. The molecule has 4 rings (SSSR count). The Morgan fingerprint density at radius 2 is 1.87 bits per heavy atom. The molecule has 0 aliphatic heterocycles. The van der Waals surface area contributed by atoms with Crippen molar-refractivity contribution in [3.63, 3.8) is 0 Å². The lowest BCUT2D eigenvalue weighted by atomic mass is 9.46. The highest BCUT2D eigenvalue weighted by Crippen LogP contribution is 2.67. The number of hydrogen-bond donors (Lipinski definition) is 1. The normalized spacial score (nSPS) is 44.7. The summed E-state index contributed by atoms with van der Waals surface area (Å²) in [5.41, 5.74) is 4.18. The van der Waals surface area contributed by atoms with Gasteiger partial charge in [0.1, 0.15) is 0 Å². The molecule has 1 N–H and O–H groups in total. The third kappa shape index (κ3) is 4.00. The molecule has 0 aromatic carbocycles. The van der Waals surface area contributed by atoms with Gasteiger partial charge in [-0.2, -0.15) is 0 Å². The van der Waals surface area contributed by atoms with Crippen LogP contribution >= 0.6 is 0 Å². The second-order valence-electron chi connectivity index (χ2n) is 12.7. The molecule has 0 aromatic rings. The maximum atomic E-state index is 10.1.